The fraction of sp³-hybridized carbons (Fsp3) is 0.188. The number of hydrogen-bond acceptors (Lipinski definition) is 3. The molecule has 2 rings (SSSR count). The summed E-state index contributed by atoms with van der Waals surface area (Å²) in [6, 6.07) is 7.28. The second kappa shape index (κ2) is 7.26. The minimum absolute atomic E-state index is 0.0442. The fourth-order valence-electron chi connectivity index (χ4n) is 2.21. The molecular weight excluding hydrogens is 393 g/mol. The van der Waals surface area contributed by atoms with Crippen molar-refractivity contribution < 1.29 is 26.4 Å². The fourth-order valence-corrected chi connectivity index (χ4v) is 3.28. The van der Waals surface area contributed by atoms with Crippen molar-refractivity contribution in [3.63, 3.8) is 0 Å². The quantitative estimate of drug-likeness (QED) is 0.814. The van der Waals surface area contributed by atoms with E-state index in [2.05, 4.69) is 5.32 Å². The topological polar surface area (TPSA) is 89.3 Å². The number of alkyl halides is 3. The third-order valence-corrected chi connectivity index (χ3v) is 4.95. The zero-order chi connectivity index (χ0) is 19.7. The molecule has 0 heterocycles. The number of primary sulfonamides is 1. The van der Waals surface area contributed by atoms with Crippen LogP contribution in [0.1, 0.15) is 34.5 Å². The lowest BCUT2D eigenvalue weighted by atomic mass is 10.0. The molecule has 0 aliphatic rings. The van der Waals surface area contributed by atoms with Crippen molar-refractivity contribution in [2.45, 2.75) is 24.0 Å². The highest BCUT2D eigenvalue weighted by Gasteiger charge is 2.30. The third kappa shape index (κ3) is 4.75. The van der Waals surface area contributed by atoms with Gasteiger partial charge in [0.2, 0.25) is 10.0 Å². The molecule has 0 radical (unpaired) electrons. The molecule has 0 saturated heterocycles. The Bertz CT molecular complexity index is 946. The van der Waals surface area contributed by atoms with Gasteiger partial charge in [-0.2, -0.15) is 13.2 Å². The summed E-state index contributed by atoms with van der Waals surface area (Å²) in [4.78, 5) is 11.9. The van der Waals surface area contributed by atoms with Crippen molar-refractivity contribution in [3.8, 4) is 0 Å². The van der Waals surface area contributed by atoms with Gasteiger partial charge in [-0.1, -0.05) is 23.7 Å². The van der Waals surface area contributed by atoms with Crippen LogP contribution in [0.2, 0.25) is 5.02 Å². The second-order valence-electron chi connectivity index (χ2n) is 5.51. The first-order valence-corrected chi connectivity index (χ1v) is 9.12. The number of nitrogens with two attached hydrogens (primary N) is 1. The normalized spacial score (nSPS) is 13.3. The first kappa shape index (κ1) is 20.2. The van der Waals surface area contributed by atoms with Gasteiger partial charge in [0.15, 0.2) is 0 Å². The Labute approximate surface area is 153 Å². The Morgan fingerprint density at radius 3 is 2.42 bits per heavy atom. The minimum atomic E-state index is -4.50. The van der Waals surface area contributed by atoms with E-state index in [0.29, 0.717) is 0 Å². The van der Waals surface area contributed by atoms with Gasteiger partial charge in [0, 0.05) is 5.56 Å². The van der Waals surface area contributed by atoms with Crippen LogP contribution in [0.4, 0.5) is 13.2 Å². The molecule has 3 N–H and O–H groups in total. The van der Waals surface area contributed by atoms with E-state index in [1.165, 1.54) is 31.2 Å². The van der Waals surface area contributed by atoms with Crippen molar-refractivity contribution in [1.82, 2.24) is 5.32 Å². The van der Waals surface area contributed by atoms with E-state index in [1.54, 1.807) is 0 Å². The van der Waals surface area contributed by atoms with E-state index in [-0.39, 0.29) is 16.1 Å². The Balaban J connectivity index is 2.25. The summed E-state index contributed by atoms with van der Waals surface area (Å²) >= 11 is 5.75. The zero-order valence-corrected chi connectivity index (χ0v) is 14.9. The summed E-state index contributed by atoms with van der Waals surface area (Å²) in [7, 11) is -4.13. The number of halogens is 4. The van der Waals surface area contributed by atoms with E-state index in [0.717, 1.165) is 18.2 Å². The molecule has 1 amide bonds. The molecule has 2 aromatic carbocycles. The number of carbonyl (C=O) groups excluding carboxylic acids is 1. The number of rotatable bonds is 4. The van der Waals surface area contributed by atoms with E-state index in [1.807, 2.05) is 0 Å². The van der Waals surface area contributed by atoms with Crippen molar-refractivity contribution in [2.24, 2.45) is 5.14 Å². The Hall–Kier alpha value is -2.10. The summed E-state index contributed by atoms with van der Waals surface area (Å²) < 4.78 is 61.3. The average molecular weight is 407 g/mol. The van der Waals surface area contributed by atoms with Crippen molar-refractivity contribution in [3.05, 3.63) is 64.2 Å². The van der Waals surface area contributed by atoms with Gasteiger partial charge in [0.25, 0.3) is 5.91 Å². The predicted octanol–water partition coefficient (Wildman–Crippen LogP) is 3.50. The maximum atomic E-state index is 12.8. The molecule has 0 bridgehead atoms. The molecule has 140 valence electrons. The van der Waals surface area contributed by atoms with Crippen LogP contribution in [0.5, 0.6) is 0 Å². The first-order chi connectivity index (χ1) is 11.9. The molecule has 1 unspecified atom stereocenters. The number of nitrogens with one attached hydrogen (secondary N) is 1. The number of benzene rings is 2. The number of carbonyl (C=O) groups is 1. The Morgan fingerprint density at radius 1 is 1.19 bits per heavy atom. The summed E-state index contributed by atoms with van der Waals surface area (Å²) in [6.07, 6.45) is -4.50. The zero-order valence-electron chi connectivity index (χ0n) is 13.3. The van der Waals surface area contributed by atoms with E-state index >= 15 is 0 Å². The van der Waals surface area contributed by atoms with Crippen molar-refractivity contribution in [2.75, 3.05) is 0 Å². The van der Waals surface area contributed by atoms with Crippen LogP contribution in [0.25, 0.3) is 0 Å². The van der Waals surface area contributed by atoms with Crippen LogP contribution in [0, 0.1) is 0 Å². The molecule has 5 nitrogen and oxygen atoms in total. The van der Waals surface area contributed by atoms with Crippen LogP contribution in [-0.2, 0) is 16.2 Å². The van der Waals surface area contributed by atoms with Crippen molar-refractivity contribution >= 4 is 27.5 Å². The predicted molar refractivity (Wildman–Crippen MR) is 90.2 cm³/mol. The van der Waals surface area contributed by atoms with Gasteiger partial charge in [0.05, 0.1) is 16.6 Å². The van der Waals surface area contributed by atoms with Crippen molar-refractivity contribution in [1.29, 1.82) is 0 Å². The van der Waals surface area contributed by atoms with Gasteiger partial charge in [-0.25, -0.2) is 13.6 Å². The van der Waals surface area contributed by atoms with Gasteiger partial charge >= 0.3 is 6.18 Å². The molecular formula is C16H14ClF3N2O3S. The lowest BCUT2D eigenvalue weighted by Crippen LogP contribution is -2.27. The highest BCUT2D eigenvalue weighted by atomic mass is 35.5. The SMILES string of the molecule is CC(NC(=O)c1ccc(Cl)c(S(N)(=O)=O)c1)c1cccc(C(F)(F)F)c1. The highest BCUT2D eigenvalue weighted by molar-refractivity contribution is 7.89. The van der Waals surface area contributed by atoms with E-state index in [9.17, 15) is 26.4 Å². The van der Waals surface area contributed by atoms with Crippen LogP contribution in [0.3, 0.4) is 0 Å². The molecule has 0 aromatic heterocycles. The van der Waals surface area contributed by atoms with Crippen LogP contribution < -0.4 is 10.5 Å². The Morgan fingerprint density at radius 2 is 1.85 bits per heavy atom. The number of sulfonamides is 1. The molecule has 0 aliphatic heterocycles. The highest BCUT2D eigenvalue weighted by Crippen LogP contribution is 2.30. The summed E-state index contributed by atoms with van der Waals surface area (Å²) in [5.41, 5.74) is -0.634. The largest absolute Gasteiger partial charge is 0.416 e. The van der Waals surface area contributed by atoms with Gasteiger partial charge in [0.1, 0.15) is 4.90 Å². The number of amides is 1. The van der Waals surface area contributed by atoms with Gasteiger partial charge in [-0.3, -0.25) is 4.79 Å². The molecule has 0 fully saturated rings. The lowest BCUT2D eigenvalue weighted by molar-refractivity contribution is -0.137. The molecule has 10 heteroatoms. The summed E-state index contributed by atoms with van der Waals surface area (Å²) in [6.45, 7) is 1.50. The molecule has 1 atom stereocenters. The monoisotopic (exact) mass is 406 g/mol. The first-order valence-electron chi connectivity index (χ1n) is 7.20. The van der Waals surface area contributed by atoms with Crippen LogP contribution in [0.15, 0.2) is 47.4 Å². The average Bonchev–Trinajstić information content (AvgIpc) is 2.53. The molecule has 2 aromatic rings. The second-order valence-corrected chi connectivity index (χ2v) is 7.45. The van der Waals surface area contributed by atoms with E-state index in [4.69, 9.17) is 16.7 Å². The van der Waals surface area contributed by atoms with Crippen LogP contribution >= 0.6 is 11.6 Å². The van der Waals surface area contributed by atoms with Gasteiger partial charge in [-0.15, -0.1) is 0 Å². The maximum absolute atomic E-state index is 12.8. The van der Waals surface area contributed by atoms with Gasteiger partial charge in [-0.05, 0) is 42.8 Å². The molecule has 0 aliphatic carbocycles. The van der Waals surface area contributed by atoms with E-state index < -0.39 is 38.6 Å². The van der Waals surface area contributed by atoms with Gasteiger partial charge < -0.3 is 5.32 Å². The standard InChI is InChI=1S/C16H14ClF3N2O3S/c1-9(10-3-2-4-12(7-10)16(18,19)20)22-15(23)11-5-6-13(17)14(8-11)26(21,24)25/h2-9H,1H3,(H,22,23)(H2,21,24,25). The summed E-state index contributed by atoms with van der Waals surface area (Å²) in [5, 5.41) is 7.39. The molecule has 0 spiro atoms. The summed E-state index contributed by atoms with van der Waals surface area (Å²) in [5.74, 6) is -0.684. The Kier molecular flexibility index (Phi) is 5.64. The third-order valence-electron chi connectivity index (χ3n) is 3.56. The smallest absolute Gasteiger partial charge is 0.346 e. The molecule has 0 saturated carbocycles. The number of hydrogen-bond donors (Lipinski definition) is 2. The van der Waals surface area contributed by atoms with Crippen LogP contribution in [-0.4, -0.2) is 14.3 Å². The lowest BCUT2D eigenvalue weighted by Gasteiger charge is -2.16. The molecule has 26 heavy (non-hydrogen) atoms. The maximum Gasteiger partial charge on any atom is 0.416 e. The minimum Gasteiger partial charge on any atom is -0.346 e.